The van der Waals surface area contributed by atoms with E-state index in [2.05, 4.69) is 10.3 Å². The Kier molecular flexibility index (Phi) is 4.22. The van der Waals surface area contributed by atoms with E-state index >= 15 is 0 Å². The van der Waals surface area contributed by atoms with E-state index in [4.69, 9.17) is 0 Å². The SMILES string of the molecule is CNC(=O)[C@@H]1CCCN(C(=O)c2cc(C)ncc2O)C1. The zero-order valence-electron chi connectivity index (χ0n) is 11.7. The molecule has 2 rings (SSSR count). The molecular weight excluding hydrogens is 258 g/mol. The largest absolute Gasteiger partial charge is 0.505 e. The number of rotatable bonds is 2. The molecule has 0 bridgehead atoms. The van der Waals surface area contributed by atoms with Crippen LogP contribution in [0.15, 0.2) is 12.3 Å². The zero-order valence-corrected chi connectivity index (χ0v) is 11.7. The van der Waals surface area contributed by atoms with Crippen molar-refractivity contribution >= 4 is 11.8 Å². The first-order valence-corrected chi connectivity index (χ1v) is 6.69. The Morgan fingerprint density at radius 2 is 2.25 bits per heavy atom. The van der Waals surface area contributed by atoms with Crippen LogP contribution in [0.4, 0.5) is 0 Å². The van der Waals surface area contributed by atoms with Gasteiger partial charge in [0.2, 0.25) is 5.91 Å². The van der Waals surface area contributed by atoms with E-state index in [1.54, 1.807) is 24.9 Å². The molecule has 0 aromatic carbocycles. The summed E-state index contributed by atoms with van der Waals surface area (Å²) in [5.41, 5.74) is 0.918. The highest BCUT2D eigenvalue weighted by atomic mass is 16.3. The highest BCUT2D eigenvalue weighted by Crippen LogP contribution is 2.23. The van der Waals surface area contributed by atoms with Crippen LogP contribution in [-0.4, -0.2) is 46.9 Å². The van der Waals surface area contributed by atoms with Crippen LogP contribution in [0, 0.1) is 12.8 Å². The molecule has 0 aliphatic carbocycles. The van der Waals surface area contributed by atoms with Crippen LogP contribution in [0.3, 0.4) is 0 Å². The number of piperidine rings is 1. The Hall–Kier alpha value is -2.11. The van der Waals surface area contributed by atoms with E-state index < -0.39 is 0 Å². The molecule has 1 aromatic heterocycles. The lowest BCUT2D eigenvalue weighted by Crippen LogP contribution is -2.44. The second-order valence-corrected chi connectivity index (χ2v) is 5.05. The second-order valence-electron chi connectivity index (χ2n) is 5.05. The molecule has 1 saturated heterocycles. The molecule has 0 unspecified atom stereocenters. The van der Waals surface area contributed by atoms with Gasteiger partial charge in [0, 0.05) is 25.8 Å². The van der Waals surface area contributed by atoms with Crippen LogP contribution >= 0.6 is 0 Å². The predicted molar refractivity (Wildman–Crippen MR) is 73.3 cm³/mol. The molecule has 1 atom stereocenters. The molecule has 1 aromatic rings. The number of pyridine rings is 1. The zero-order chi connectivity index (χ0) is 14.7. The molecule has 1 aliphatic heterocycles. The van der Waals surface area contributed by atoms with Crippen LogP contribution in [0.5, 0.6) is 5.75 Å². The highest BCUT2D eigenvalue weighted by Gasteiger charge is 2.29. The fourth-order valence-electron chi connectivity index (χ4n) is 2.47. The molecule has 0 radical (unpaired) electrons. The van der Waals surface area contributed by atoms with Gasteiger partial charge in [0.1, 0.15) is 5.75 Å². The third kappa shape index (κ3) is 2.89. The summed E-state index contributed by atoms with van der Waals surface area (Å²) < 4.78 is 0. The number of aromatic nitrogens is 1. The van der Waals surface area contributed by atoms with Gasteiger partial charge in [0.15, 0.2) is 0 Å². The van der Waals surface area contributed by atoms with Gasteiger partial charge < -0.3 is 15.3 Å². The molecule has 0 spiro atoms. The van der Waals surface area contributed by atoms with E-state index in [-0.39, 0.29) is 29.0 Å². The summed E-state index contributed by atoms with van der Waals surface area (Å²) in [6.45, 7) is 2.76. The summed E-state index contributed by atoms with van der Waals surface area (Å²) in [4.78, 5) is 29.7. The van der Waals surface area contributed by atoms with Gasteiger partial charge in [0.25, 0.3) is 5.91 Å². The van der Waals surface area contributed by atoms with Crippen molar-refractivity contribution in [2.75, 3.05) is 20.1 Å². The molecule has 20 heavy (non-hydrogen) atoms. The van der Waals surface area contributed by atoms with Gasteiger partial charge >= 0.3 is 0 Å². The molecular formula is C14H19N3O3. The van der Waals surface area contributed by atoms with Crippen molar-refractivity contribution in [3.8, 4) is 5.75 Å². The lowest BCUT2D eigenvalue weighted by atomic mass is 9.96. The number of nitrogens with one attached hydrogen (secondary N) is 1. The molecule has 2 N–H and O–H groups in total. The average Bonchev–Trinajstić information content (AvgIpc) is 2.48. The lowest BCUT2D eigenvalue weighted by molar-refractivity contribution is -0.125. The Morgan fingerprint density at radius 3 is 2.95 bits per heavy atom. The first-order valence-electron chi connectivity index (χ1n) is 6.69. The minimum absolute atomic E-state index is 0.0439. The maximum absolute atomic E-state index is 12.4. The number of carbonyl (C=O) groups excluding carboxylic acids is 2. The molecule has 2 amide bonds. The Bertz CT molecular complexity index is 530. The topological polar surface area (TPSA) is 82.5 Å². The molecule has 6 nitrogen and oxygen atoms in total. The van der Waals surface area contributed by atoms with Crippen LogP contribution < -0.4 is 5.32 Å². The third-order valence-corrected chi connectivity index (χ3v) is 3.58. The summed E-state index contributed by atoms with van der Waals surface area (Å²) in [5.74, 6) is -0.593. The number of hydrogen-bond acceptors (Lipinski definition) is 4. The quantitative estimate of drug-likeness (QED) is 0.833. The Labute approximate surface area is 117 Å². The van der Waals surface area contributed by atoms with Crippen LogP contribution in [0.2, 0.25) is 0 Å². The molecule has 0 saturated carbocycles. The number of nitrogens with zero attached hydrogens (tertiary/aromatic N) is 2. The first kappa shape index (κ1) is 14.3. The normalized spacial score (nSPS) is 18.7. The summed E-state index contributed by atoms with van der Waals surface area (Å²) in [7, 11) is 1.60. The molecule has 1 aliphatic rings. The number of hydrogen-bond donors (Lipinski definition) is 2. The maximum Gasteiger partial charge on any atom is 0.257 e. The third-order valence-electron chi connectivity index (χ3n) is 3.58. The van der Waals surface area contributed by atoms with E-state index in [0.717, 1.165) is 12.8 Å². The van der Waals surface area contributed by atoms with Crippen LogP contribution in [0.1, 0.15) is 28.9 Å². The molecule has 2 heterocycles. The van der Waals surface area contributed by atoms with E-state index in [0.29, 0.717) is 18.8 Å². The van der Waals surface area contributed by atoms with Crippen molar-refractivity contribution in [1.29, 1.82) is 0 Å². The number of aryl methyl sites for hydroxylation is 1. The Morgan fingerprint density at radius 1 is 1.50 bits per heavy atom. The highest BCUT2D eigenvalue weighted by molar-refractivity contribution is 5.97. The van der Waals surface area contributed by atoms with Gasteiger partial charge in [-0.15, -0.1) is 0 Å². The fourth-order valence-corrected chi connectivity index (χ4v) is 2.47. The van der Waals surface area contributed by atoms with Crippen LogP contribution in [-0.2, 0) is 4.79 Å². The van der Waals surface area contributed by atoms with Crippen molar-refractivity contribution in [3.63, 3.8) is 0 Å². The fraction of sp³-hybridized carbons (Fsp3) is 0.500. The smallest absolute Gasteiger partial charge is 0.257 e. The number of carbonyl (C=O) groups is 2. The minimum atomic E-state index is -0.249. The van der Waals surface area contributed by atoms with Gasteiger partial charge in [-0.05, 0) is 25.8 Å². The van der Waals surface area contributed by atoms with Gasteiger partial charge in [-0.25, -0.2) is 0 Å². The van der Waals surface area contributed by atoms with E-state index in [9.17, 15) is 14.7 Å². The molecule has 6 heteroatoms. The van der Waals surface area contributed by atoms with Crippen molar-refractivity contribution in [2.24, 2.45) is 5.92 Å². The van der Waals surface area contributed by atoms with Crippen molar-refractivity contribution in [3.05, 3.63) is 23.5 Å². The maximum atomic E-state index is 12.4. The first-order chi connectivity index (χ1) is 9.52. The summed E-state index contributed by atoms with van der Waals surface area (Å²) >= 11 is 0. The summed E-state index contributed by atoms with van der Waals surface area (Å²) in [6.07, 6.45) is 2.85. The summed E-state index contributed by atoms with van der Waals surface area (Å²) in [5, 5.41) is 12.4. The van der Waals surface area contributed by atoms with E-state index in [1.165, 1.54) is 6.20 Å². The average molecular weight is 277 g/mol. The van der Waals surface area contributed by atoms with Gasteiger partial charge in [0.05, 0.1) is 17.7 Å². The summed E-state index contributed by atoms with van der Waals surface area (Å²) in [6, 6.07) is 1.57. The van der Waals surface area contributed by atoms with Crippen molar-refractivity contribution < 1.29 is 14.7 Å². The number of likely N-dealkylation sites (tertiary alicyclic amines) is 1. The molecule has 1 fully saturated rings. The minimum Gasteiger partial charge on any atom is -0.505 e. The van der Waals surface area contributed by atoms with Crippen LogP contribution in [0.25, 0.3) is 0 Å². The van der Waals surface area contributed by atoms with Crippen molar-refractivity contribution in [1.82, 2.24) is 15.2 Å². The van der Waals surface area contributed by atoms with Gasteiger partial charge in [-0.1, -0.05) is 0 Å². The predicted octanol–water partition coefficient (Wildman–Crippen LogP) is 0.694. The number of aromatic hydroxyl groups is 1. The van der Waals surface area contributed by atoms with Gasteiger partial charge in [-0.3, -0.25) is 14.6 Å². The lowest BCUT2D eigenvalue weighted by Gasteiger charge is -2.32. The van der Waals surface area contributed by atoms with Gasteiger partial charge in [-0.2, -0.15) is 0 Å². The second kappa shape index (κ2) is 5.90. The molecule has 108 valence electrons. The van der Waals surface area contributed by atoms with Crippen molar-refractivity contribution in [2.45, 2.75) is 19.8 Å². The monoisotopic (exact) mass is 277 g/mol. The number of amides is 2. The standard InChI is InChI=1S/C14H19N3O3/c1-9-6-11(12(18)7-16-9)14(20)17-5-3-4-10(8-17)13(19)15-2/h6-7,10,18H,3-5,8H2,1-2H3,(H,15,19)/t10-/m1/s1. The Balaban J connectivity index is 2.16. The van der Waals surface area contributed by atoms with E-state index in [1.807, 2.05) is 0 Å².